The number of unbranched alkanes of at least 4 members (excludes halogenated alkanes) is 27. The molecule has 6 rings (SSSR count). The second-order valence-corrected chi connectivity index (χ2v) is 24.1. The second kappa shape index (κ2) is 45.2. The lowest BCUT2D eigenvalue weighted by molar-refractivity contribution is -0.385. The number of ether oxygens (including phenoxy) is 6. The first kappa shape index (κ1) is 75.8. The molecule has 0 N–H and O–H groups in total. The number of carbonyl (C=O) groups excluding carboxylic acids is 4. The van der Waals surface area contributed by atoms with Crippen molar-refractivity contribution in [3.05, 3.63) is 165 Å². The van der Waals surface area contributed by atoms with E-state index in [1.165, 1.54) is 239 Å². The van der Waals surface area contributed by atoms with Crippen LogP contribution in [0.5, 0.6) is 34.5 Å². The van der Waals surface area contributed by atoms with Crippen LogP contribution in [0.4, 0.5) is 34.1 Å². The highest BCUT2D eigenvalue weighted by Gasteiger charge is 2.19. The Morgan fingerprint density at radius 2 is 0.625 bits per heavy atom. The van der Waals surface area contributed by atoms with Gasteiger partial charge in [-0.3, -0.25) is 29.8 Å². The lowest BCUT2D eigenvalue weighted by atomic mass is 10.0. The lowest BCUT2D eigenvalue weighted by Crippen LogP contribution is -2.11. The lowest BCUT2D eigenvalue weighted by Gasteiger charge is -2.11. The summed E-state index contributed by atoms with van der Waals surface area (Å²) in [5, 5.41) is 39.3. The number of nitro groups is 2. The molecular formula is C76H96N6O14. The van der Waals surface area contributed by atoms with Crippen LogP contribution in [0, 0.1) is 20.2 Å². The van der Waals surface area contributed by atoms with Gasteiger partial charge in [-0.1, -0.05) is 181 Å². The van der Waals surface area contributed by atoms with Crippen LogP contribution in [-0.4, -0.2) is 46.9 Å². The SMILES string of the molecule is CCCCCCCCCCCCCCCCOc1ccc(C(=O)Oc2ccc(N=Nc3ccc([N+](=O)[O-])cc3)c(OC(=O)CCCCC(=O)Oc3cc(OC(=O)c4ccc(OCCCCCCCCCCCCCCCC)cc4)ccc3N=Nc3ccc([N+](=O)[O-])cc3)c2)cc1. The second-order valence-electron chi connectivity index (χ2n) is 24.1. The Labute approximate surface area is 565 Å². The molecule has 20 nitrogen and oxygen atoms in total. The van der Waals surface area contributed by atoms with Crippen LogP contribution in [0.1, 0.15) is 240 Å². The molecule has 0 spiro atoms. The molecule has 0 unspecified atom stereocenters. The van der Waals surface area contributed by atoms with Gasteiger partial charge < -0.3 is 28.4 Å². The Hall–Kier alpha value is -9.20. The average molecular weight is 1320 g/mol. The van der Waals surface area contributed by atoms with E-state index >= 15 is 0 Å². The third kappa shape index (κ3) is 30.5. The number of carbonyl (C=O) groups is 4. The van der Waals surface area contributed by atoms with E-state index in [0.717, 1.165) is 25.7 Å². The summed E-state index contributed by atoms with van der Waals surface area (Å²) in [5.74, 6) is -1.66. The highest BCUT2D eigenvalue weighted by Crippen LogP contribution is 2.37. The largest absolute Gasteiger partial charge is 0.494 e. The molecule has 514 valence electrons. The number of azo groups is 2. The first-order valence-electron chi connectivity index (χ1n) is 34.8. The van der Waals surface area contributed by atoms with E-state index < -0.39 is 33.7 Å². The summed E-state index contributed by atoms with van der Waals surface area (Å²) in [5.41, 5.74) is 0.933. The van der Waals surface area contributed by atoms with E-state index in [1.807, 2.05) is 0 Å². The van der Waals surface area contributed by atoms with Gasteiger partial charge in [-0.25, -0.2) is 9.59 Å². The summed E-state index contributed by atoms with van der Waals surface area (Å²) in [4.78, 5) is 75.1. The van der Waals surface area contributed by atoms with Gasteiger partial charge in [-0.2, -0.15) is 10.2 Å². The summed E-state index contributed by atoms with van der Waals surface area (Å²) >= 11 is 0. The number of esters is 4. The number of nitro benzene ring substituents is 2. The quantitative estimate of drug-likeness (QED) is 0.00859. The summed E-state index contributed by atoms with van der Waals surface area (Å²) in [7, 11) is 0. The summed E-state index contributed by atoms with van der Waals surface area (Å²) < 4.78 is 34.8. The maximum atomic E-state index is 13.5. The van der Waals surface area contributed by atoms with Crippen molar-refractivity contribution in [2.24, 2.45) is 20.5 Å². The molecule has 0 saturated heterocycles. The monoisotopic (exact) mass is 1320 g/mol. The summed E-state index contributed by atoms with van der Waals surface area (Å²) in [6.07, 6.45) is 35.5. The molecule has 0 heterocycles. The zero-order chi connectivity index (χ0) is 68.2. The van der Waals surface area contributed by atoms with Crippen molar-refractivity contribution in [2.75, 3.05) is 13.2 Å². The summed E-state index contributed by atoms with van der Waals surface area (Å²) in [6, 6.07) is 32.4. The molecule has 6 aromatic rings. The third-order valence-corrected chi connectivity index (χ3v) is 16.1. The number of rotatable bonds is 49. The van der Waals surface area contributed by atoms with Crippen LogP contribution in [0.15, 0.2) is 154 Å². The first-order valence-corrected chi connectivity index (χ1v) is 34.8. The fourth-order valence-corrected chi connectivity index (χ4v) is 10.5. The van der Waals surface area contributed by atoms with Gasteiger partial charge in [0.2, 0.25) is 0 Å². The van der Waals surface area contributed by atoms with Gasteiger partial charge >= 0.3 is 23.9 Å². The van der Waals surface area contributed by atoms with Crippen molar-refractivity contribution in [1.29, 1.82) is 0 Å². The Kier molecular flexibility index (Phi) is 35.7. The zero-order valence-electron chi connectivity index (χ0n) is 56.1. The van der Waals surface area contributed by atoms with E-state index in [9.17, 15) is 39.4 Å². The Bertz CT molecular complexity index is 3130. The topological polar surface area (TPSA) is 259 Å². The van der Waals surface area contributed by atoms with Crippen molar-refractivity contribution in [1.82, 2.24) is 0 Å². The van der Waals surface area contributed by atoms with Crippen LogP contribution >= 0.6 is 0 Å². The molecule has 0 aliphatic carbocycles. The fourth-order valence-electron chi connectivity index (χ4n) is 10.5. The van der Waals surface area contributed by atoms with Crippen molar-refractivity contribution in [3.8, 4) is 34.5 Å². The molecule has 0 aromatic heterocycles. The number of nitrogens with zero attached hydrogens (tertiary/aromatic N) is 6. The third-order valence-electron chi connectivity index (χ3n) is 16.1. The highest BCUT2D eigenvalue weighted by molar-refractivity contribution is 5.92. The van der Waals surface area contributed by atoms with Gasteiger partial charge in [0.15, 0.2) is 11.5 Å². The van der Waals surface area contributed by atoms with Crippen molar-refractivity contribution < 1.29 is 57.4 Å². The van der Waals surface area contributed by atoms with Crippen LogP contribution in [0.25, 0.3) is 0 Å². The van der Waals surface area contributed by atoms with Crippen molar-refractivity contribution >= 4 is 58.0 Å². The predicted octanol–water partition coefficient (Wildman–Crippen LogP) is 22.6. The van der Waals surface area contributed by atoms with Gasteiger partial charge in [-0.15, -0.1) is 10.2 Å². The van der Waals surface area contributed by atoms with Gasteiger partial charge in [0, 0.05) is 49.2 Å². The summed E-state index contributed by atoms with van der Waals surface area (Å²) in [6.45, 7) is 5.64. The predicted molar refractivity (Wildman–Crippen MR) is 372 cm³/mol. The van der Waals surface area contributed by atoms with Crippen LogP contribution in [0.3, 0.4) is 0 Å². The van der Waals surface area contributed by atoms with Crippen LogP contribution in [0.2, 0.25) is 0 Å². The van der Waals surface area contributed by atoms with Crippen molar-refractivity contribution in [2.45, 2.75) is 219 Å². The molecule has 0 atom stereocenters. The molecule has 96 heavy (non-hydrogen) atoms. The number of benzene rings is 6. The van der Waals surface area contributed by atoms with Gasteiger partial charge in [-0.05, 0) is 123 Å². The Balaban J connectivity index is 0.984. The van der Waals surface area contributed by atoms with Crippen LogP contribution < -0.4 is 28.4 Å². The molecule has 0 fully saturated rings. The molecule has 0 saturated carbocycles. The minimum Gasteiger partial charge on any atom is -0.494 e. The number of hydrogen-bond donors (Lipinski definition) is 0. The molecule has 0 radical (unpaired) electrons. The fraction of sp³-hybridized carbons (Fsp3) is 0.474. The van der Waals surface area contributed by atoms with Gasteiger partial charge in [0.1, 0.15) is 34.4 Å². The van der Waals surface area contributed by atoms with Gasteiger partial charge in [0.05, 0.1) is 45.6 Å². The number of hydrogen-bond acceptors (Lipinski definition) is 18. The standard InChI is InChI=1S/C76H96N6O14/c1-3-5-7-9-11-13-15-17-19-21-23-25-27-31-55-91-65-47-35-59(36-48-65)75(85)93-67-51-53-69(79-77-61-39-43-63(44-40-61)81(87)88)71(57-67)95-73(83)33-29-30-34-74(84)96-72-58-68(52-54-70(72)80-78-62-41-45-64(46-42-62)82(89)90)94-76(86)60-37-49-66(50-38-60)92-56-32-28-26-24-22-20-18-16-14-12-10-8-6-4-2/h35-54,57-58H,3-34,55-56H2,1-2H3. The smallest absolute Gasteiger partial charge is 0.343 e. The van der Waals surface area contributed by atoms with E-state index in [2.05, 4.69) is 34.3 Å². The normalized spacial score (nSPS) is 11.2. The Morgan fingerprint density at radius 3 is 0.927 bits per heavy atom. The zero-order valence-corrected chi connectivity index (χ0v) is 56.1. The van der Waals surface area contributed by atoms with E-state index in [4.69, 9.17) is 28.4 Å². The average Bonchev–Trinajstić information content (AvgIpc) is 0.969. The molecule has 20 heteroatoms. The molecule has 6 aromatic carbocycles. The Morgan fingerprint density at radius 1 is 0.333 bits per heavy atom. The number of non-ortho nitro benzene ring substituents is 2. The molecular weight excluding hydrogens is 1220 g/mol. The minimum absolute atomic E-state index is 0.0353. The minimum atomic E-state index is -0.714. The maximum absolute atomic E-state index is 13.5. The van der Waals surface area contributed by atoms with E-state index in [-0.39, 0.29) is 93.9 Å². The van der Waals surface area contributed by atoms with E-state index in [0.29, 0.717) is 24.7 Å². The van der Waals surface area contributed by atoms with Gasteiger partial charge in [0.25, 0.3) is 11.4 Å². The van der Waals surface area contributed by atoms with Crippen molar-refractivity contribution in [3.63, 3.8) is 0 Å². The highest BCUT2D eigenvalue weighted by atomic mass is 16.6. The first-order chi connectivity index (χ1) is 46.9. The maximum Gasteiger partial charge on any atom is 0.343 e. The van der Waals surface area contributed by atoms with Crippen LogP contribution in [-0.2, 0) is 9.59 Å². The molecule has 0 aliphatic rings. The molecule has 0 bridgehead atoms. The van der Waals surface area contributed by atoms with E-state index in [1.54, 1.807) is 48.5 Å². The molecule has 0 aliphatic heterocycles. The molecule has 0 amide bonds.